The number of benzene rings is 2. The van der Waals surface area contributed by atoms with Gasteiger partial charge < -0.3 is 13.9 Å². The maximum Gasteiger partial charge on any atom is 0.271 e. The van der Waals surface area contributed by atoms with Gasteiger partial charge in [0.25, 0.3) is 5.91 Å². The van der Waals surface area contributed by atoms with Crippen molar-refractivity contribution in [2.75, 3.05) is 6.79 Å². The Hall–Kier alpha value is -3.06. The van der Waals surface area contributed by atoms with E-state index in [4.69, 9.17) is 13.9 Å². The highest BCUT2D eigenvalue weighted by molar-refractivity contribution is 9.10. The maximum atomic E-state index is 12.2. The van der Waals surface area contributed by atoms with E-state index >= 15 is 0 Å². The fourth-order valence-electron chi connectivity index (χ4n) is 2.58. The Labute approximate surface area is 163 Å². The van der Waals surface area contributed by atoms with Crippen LogP contribution in [0.25, 0.3) is 11.3 Å². The highest BCUT2D eigenvalue weighted by Gasteiger charge is 2.15. The van der Waals surface area contributed by atoms with Crippen molar-refractivity contribution >= 4 is 28.1 Å². The van der Waals surface area contributed by atoms with E-state index in [0.717, 1.165) is 21.4 Å². The number of furan rings is 1. The van der Waals surface area contributed by atoms with Crippen LogP contribution in [0.1, 0.15) is 21.7 Å². The second-order valence-corrected chi connectivity index (χ2v) is 6.79. The fourth-order valence-corrected chi connectivity index (χ4v) is 2.96. The maximum absolute atomic E-state index is 12.2. The second kappa shape index (κ2) is 7.28. The Bertz CT molecular complexity index is 1040. The summed E-state index contributed by atoms with van der Waals surface area (Å²) in [5.41, 5.74) is 5.01. The van der Waals surface area contributed by atoms with Gasteiger partial charge in [-0.2, -0.15) is 5.10 Å². The summed E-state index contributed by atoms with van der Waals surface area (Å²) in [5, 5.41) is 3.95. The molecular weight excluding hydrogens is 412 g/mol. The Balaban J connectivity index is 1.42. The molecule has 0 atom stereocenters. The number of ether oxygens (including phenoxy) is 2. The lowest BCUT2D eigenvalue weighted by atomic mass is 10.1. The van der Waals surface area contributed by atoms with Crippen LogP contribution in [0.15, 0.2) is 62.5 Å². The first-order chi connectivity index (χ1) is 13.1. The molecule has 0 saturated heterocycles. The Morgan fingerprint density at radius 2 is 1.96 bits per heavy atom. The molecule has 0 fully saturated rings. The lowest BCUT2D eigenvalue weighted by Crippen LogP contribution is -2.17. The van der Waals surface area contributed by atoms with Crippen LogP contribution < -0.4 is 14.9 Å². The lowest BCUT2D eigenvalue weighted by molar-refractivity contribution is 0.0954. The van der Waals surface area contributed by atoms with E-state index in [0.29, 0.717) is 22.8 Å². The van der Waals surface area contributed by atoms with Gasteiger partial charge in [-0.25, -0.2) is 5.43 Å². The average Bonchev–Trinajstić information content (AvgIpc) is 3.32. The molecule has 1 aliphatic heterocycles. The molecule has 7 heteroatoms. The van der Waals surface area contributed by atoms with Crippen LogP contribution in [0.3, 0.4) is 0 Å². The zero-order valence-corrected chi connectivity index (χ0v) is 15.9. The largest absolute Gasteiger partial charge is 0.455 e. The molecule has 4 rings (SSSR count). The number of hydrogen-bond donors (Lipinski definition) is 1. The van der Waals surface area contributed by atoms with Gasteiger partial charge in [-0.05, 0) is 48.9 Å². The van der Waals surface area contributed by atoms with Crippen LogP contribution in [0.2, 0.25) is 0 Å². The minimum Gasteiger partial charge on any atom is -0.455 e. The molecular formula is C20H15BrN2O4. The lowest BCUT2D eigenvalue weighted by Gasteiger charge is -2.01. The molecule has 2 aromatic carbocycles. The van der Waals surface area contributed by atoms with Gasteiger partial charge in [-0.3, -0.25) is 4.79 Å². The molecule has 3 aromatic rings. The van der Waals surface area contributed by atoms with E-state index in [2.05, 4.69) is 26.5 Å². The van der Waals surface area contributed by atoms with Crippen LogP contribution in [-0.2, 0) is 0 Å². The summed E-state index contributed by atoms with van der Waals surface area (Å²) in [5.74, 6) is 2.08. The van der Waals surface area contributed by atoms with Crippen molar-refractivity contribution in [3.8, 4) is 22.8 Å². The quantitative estimate of drug-likeness (QED) is 0.491. The number of carbonyl (C=O) groups excluding carboxylic acids is 1. The topological polar surface area (TPSA) is 73.1 Å². The third kappa shape index (κ3) is 3.73. The standard InChI is InChI=1S/C20H15BrN2O4/c1-12-2-3-13(8-16(12)21)17-7-5-15(27-17)10-22-23-20(24)14-4-6-18-19(9-14)26-11-25-18/h2-10H,11H2,1H3,(H,23,24)/b22-10-. The molecule has 0 aliphatic carbocycles. The summed E-state index contributed by atoms with van der Waals surface area (Å²) in [6.45, 7) is 2.19. The van der Waals surface area contributed by atoms with Gasteiger partial charge in [-0.1, -0.05) is 28.1 Å². The molecule has 1 amide bonds. The average molecular weight is 427 g/mol. The Morgan fingerprint density at radius 3 is 2.81 bits per heavy atom. The van der Waals surface area contributed by atoms with E-state index in [9.17, 15) is 4.79 Å². The molecule has 1 N–H and O–H groups in total. The van der Waals surface area contributed by atoms with Gasteiger partial charge >= 0.3 is 0 Å². The molecule has 136 valence electrons. The number of carbonyl (C=O) groups is 1. The number of nitrogens with one attached hydrogen (secondary N) is 1. The predicted molar refractivity (Wildman–Crippen MR) is 104 cm³/mol. The highest BCUT2D eigenvalue weighted by atomic mass is 79.9. The summed E-state index contributed by atoms with van der Waals surface area (Å²) in [4.78, 5) is 12.2. The number of nitrogens with zero attached hydrogens (tertiary/aromatic N) is 1. The molecule has 1 aliphatic rings. The smallest absolute Gasteiger partial charge is 0.271 e. The molecule has 0 saturated carbocycles. The second-order valence-electron chi connectivity index (χ2n) is 5.93. The van der Waals surface area contributed by atoms with Gasteiger partial charge in [0.1, 0.15) is 11.5 Å². The zero-order chi connectivity index (χ0) is 18.8. The van der Waals surface area contributed by atoms with E-state index in [1.54, 1.807) is 24.3 Å². The van der Waals surface area contributed by atoms with E-state index in [1.165, 1.54) is 6.21 Å². The van der Waals surface area contributed by atoms with Crippen LogP contribution >= 0.6 is 15.9 Å². The van der Waals surface area contributed by atoms with E-state index < -0.39 is 0 Å². The first-order valence-corrected chi connectivity index (χ1v) is 8.99. The highest BCUT2D eigenvalue weighted by Crippen LogP contribution is 2.32. The normalized spacial score (nSPS) is 12.5. The van der Waals surface area contributed by atoms with E-state index in [-0.39, 0.29) is 12.7 Å². The number of hydrogen-bond acceptors (Lipinski definition) is 5. The number of amides is 1. The molecule has 27 heavy (non-hydrogen) atoms. The molecule has 2 heterocycles. The predicted octanol–water partition coefficient (Wildman–Crippen LogP) is 4.51. The minimum atomic E-state index is -0.348. The van der Waals surface area contributed by atoms with Crippen molar-refractivity contribution in [3.05, 3.63) is 69.9 Å². The molecule has 1 aromatic heterocycles. The van der Waals surface area contributed by atoms with Crippen molar-refractivity contribution in [3.63, 3.8) is 0 Å². The molecule has 0 spiro atoms. The summed E-state index contributed by atoms with van der Waals surface area (Å²) >= 11 is 3.52. The SMILES string of the molecule is Cc1ccc(-c2ccc(/C=N\NC(=O)c3ccc4c(c3)OCO4)o2)cc1Br. The monoisotopic (exact) mass is 426 g/mol. The van der Waals surface area contributed by atoms with Crippen molar-refractivity contribution in [2.24, 2.45) is 5.10 Å². The van der Waals surface area contributed by atoms with Crippen molar-refractivity contribution in [2.45, 2.75) is 6.92 Å². The van der Waals surface area contributed by atoms with Crippen molar-refractivity contribution in [1.82, 2.24) is 5.43 Å². The molecule has 0 unspecified atom stereocenters. The summed E-state index contributed by atoms with van der Waals surface area (Å²) < 4.78 is 17.3. The molecule has 6 nitrogen and oxygen atoms in total. The van der Waals surface area contributed by atoms with Crippen molar-refractivity contribution in [1.29, 1.82) is 0 Å². The third-order valence-electron chi connectivity index (χ3n) is 4.08. The number of rotatable bonds is 4. The first kappa shape index (κ1) is 17.4. The minimum absolute atomic E-state index is 0.164. The molecule has 0 radical (unpaired) electrons. The third-order valence-corrected chi connectivity index (χ3v) is 4.93. The Morgan fingerprint density at radius 1 is 1.11 bits per heavy atom. The Kier molecular flexibility index (Phi) is 4.68. The summed E-state index contributed by atoms with van der Waals surface area (Å²) in [6.07, 6.45) is 1.46. The van der Waals surface area contributed by atoms with Crippen LogP contribution in [-0.4, -0.2) is 18.9 Å². The van der Waals surface area contributed by atoms with Crippen LogP contribution in [0.5, 0.6) is 11.5 Å². The van der Waals surface area contributed by atoms with Crippen LogP contribution in [0, 0.1) is 6.92 Å². The van der Waals surface area contributed by atoms with Gasteiger partial charge in [0.2, 0.25) is 6.79 Å². The number of aryl methyl sites for hydroxylation is 1. The van der Waals surface area contributed by atoms with Gasteiger partial charge in [0.15, 0.2) is 11.5 Å². The first-order valence-electron chi connectivity index (χ1n) is 8.19. The van der Waals surface area contributed by atoms with Gasteiger partial charge in [-0.15, -0.1) is 0 Å². The zero-order valence-electron chi connectivity index (χ0n) is 14.4. The fraction of sp³-hybridized carbons (Fsp3) is 0.100. The van der Waals surface area contributed by atoms with Gasteiger partial charge in [0.05, 0.1) is 6.21 Å². The number of fused-ring (bicyclic) bond motifs is 1. The van der Waals surface area contributed by atoms with Crippen LogP contribution in [0.4, 0.5) is 0 Å². The van der Waals surface area contributed by atoms with Crippen molar-refractivity contribution < 1.29 is 18.7 Å². The van der Waals surface area contributed by atoms with Gasteiger partial charge in [0, 0.05) is 15.6 Å². The summed E-state index contributed by atoms with van der Waals surface area (Å²) in [6, 6.07) is 14.6. The summed E-state index contributed by atoms with van der Waals surface area (Å²) in [7, 11) is 0. The number of hydrazone groups is 1. The molecule has 0 bridgehead atoms. The van der Waals surface area contributed by atoms with E-state index in [1.807, 2.05) is 31.2 Å². The number of halogens is 1.